The zero-order valence-electron chi connectivity index (χ0n) is 12.5. The first-order valence-corrected chi connectivity index (χ1v) is 17.0. The zero-order chi connectivity index (χ0) is 4.00. The molecular formula is Ca10Mg2Sb9. The van der Waals surface area contributed by atoms with Gasteiger partial charge in [0.05, 0.1) is 0 Å². The Bertz CT molecular complexity index is 28.5. The van der Waals surface area contributed by atoms with Crippen LogP contribution >= 0.6 is 0 Å². The van der Waals surface area contributed by atoms with E-state index in [1.165, 1.54) is 104 Å². The van der Waals surface area contributed by atoms with Crippen molar-refractivity contribution in [2.24, 2.45) is 0 Å². The van der Waals surface area contributed by atoms with Crippen LogP contribution in [0, 0.1) is 0 Å². The maximum absolute atomic E-state index is 1.50. The molecule has 0 bridgehead atoms. The van der Waals surface area contributed by atoms with Crippen LogP contribution in [0.4, 0.5) is 0 Å². The van der Waals surface area contributed by atoms with Gasteiger partial charge in [-0.05, 0) is 0 Å². The first-order valence-electron chi connectivity index (χ1n) is 1.000. The first kappa shape index (κ1) is 133. The van der Waals surface area contributed by atoms with Crippen molar-refractivity contribution in [3.8, 4) is 0 Å². The van der Waals surface area contributed by atoms with E-state index in [-0.39, 0.29) is 492 Å². The molecule has 21 heteroatoms. The Morgan fingerprint density at radius 2 is 0.238 bits per heavy atom. The number of hydrogen-bond donors (Lipinski definition) is 0. The fourth-order valence-electron chi connectivity index (χ4n) is 0. The molecule has 0 aliphatic heterocycles. The van der Waals surface area contributed by atoms with E-state index in [1.54, 1.807) is 0 Å². The topological polar surface area (TPSA) is 0 Å². The summed E-state index contributed by atoms with van der Waals surface area (Å²) in [6.07, 6.45) is 0. The van der Waals surface area contributed by atoms with Crippen molar-refractivity contribution >= 4 is 596 Å². The molecule has 0 nitrogen and oxygen atoms in total. The van der Waals surface area contributed by atoms with Gasteiger partial charge >= 0.3 is 104 Å². The van der Waals surface area contributed by atoms with Crippen molar-refractivity contribution in [2.75, 3.05) is 0 Å². The average molecular weight is 1550 g/mol. The number of hydrogen-bond acceptors (Lipinski definition) is 0. The van der Waals surface area contributed by atoms with Crippen LogP contribution in [0.25, 0.3) is 0 Å². The molecule has 0 rings (SSSR count). The van der Waals surface area contributed by atoms with E-state index < -0.39 is 0 Å². The second kappa shape index (κ2) is 147. The maximum Gasteiger partial charge on any atom is 0 e. The third kappa shape index (κ3) is 140. The molecule has 0 aromatic heterocycles. The van der Waals surface area contributed by atoms with Gasteiger partial charge < -0.3 is 0 Å². The third-order valence-corrected chi connectivity index (χ3v) is 0. The summed E-state index contributed by atoms with van der Waals surface area (Å²) >= 11 is 6.00. The Morgan fingerprint density at radius 1 is 0.238 bits per heavy atom. The van der Waals surface area contributed by atoms with Crippen LogP contribution in [0.5, 0.6) is 0 Å². The van der Waals surface area contributed by atoms with E-state index in [0.717, 1.165) is 0 Å². The molecule has 0 saturated heterocycles. The molecule has 0 atom stereocenters. The maximum atomic E-state index is 1.50. The van der Waals surface area contributed by atoms with Gasteiger partial charge in [0.1, 0.15) is 0 Å². The molecule has 0 amide bonds. The van der Waals surface area contributed by atoms with Gasteiger partial charge in [-0.1, -0.05) is 0 Å². The van der Waals surface area contributed by atoms with Crippen LogP contribution in [0.3, 0.4) is 0 Å². The van der Waals surface area contributed by atoms with Gasteiger partial charge in [-0.15, -0.1) is 0 Å². The van der Waals surface area contributed by atoms with Crippen molar-refractivity contribution in [1.29, 1.82) is 0 Å². The minimum Gasteiger partial charge on any atom is 0 e. The predicted octanol–water partition coefficient (Wildman–Crippen LogP) is -8.00. The molecule has 0 spiro atoms. The zero-order valence-corrected chi connectivity index (χ0v) is 60.4. The summed E-state index contributed by atoms with van der Waals surface area (Å²) in [5.41, 5.74) is 0. The molecule has 0 unspecified atom stereocenters. The van der Waals surface area contributed by atoms with E-state index in [2.05, 4.69) is 0 Å². The normalized spacial score (nSPS) is 0.190. The third-order valence-electron chi connectivity index (χ3n) is 0. The summed E-state index contributed by atoms with van der Waals surface area (Å²) in [7, 11) is 0. The molecule has 0 aliphatic carbocycles. The fraction of sp³-hybridized carbons (Fsp3) is 0. The van der Waals surface area contributed by atoms with Crippen molar-refractivity contribution in [3.05, 3.63) is 0 Å². The van der Waals surface area contributed by atoms with Gasteiger partial charge in [0.15, 0.2) is 0 Å². The second-order valence-corrected chi connectivity index (χ2v) is 0. The van der Waals surface area contributed by atoms with Crippen molar-refractivity contribution < 1.29 is 0 Å². The van der Waals surface area contributed by atoms with Gasteiger partial charge in [0, 0.05) is 492 Å². The van der Waals surface area contributed by atoms with Gasteiger partial charge in [0.2, 0.25) is 0 Å². The summed E-state index contributed by atoms with van der Waals surface area (Å²) in [5, 5.41) is 0. The van der Waals surface area contributed by atoms with Crippen LogP contribution < -0.4 is 0 Å². The predicted molar refractivity (Wildman–Crippen MR) is 121 cm³/mol. The molecule has 0 heterocycles. The molecule has 47 radical (unpaired) electrons. The van der Waals surface area contributed by atoms with Crippen LogP contribution in [0.15, 0.2) is 0 Å². The summed E-state index contributed by atoms with van der Waals surface area (Å²) in [5.74, 6) is 0. The Balaban J connectivity index is -0.000000000124. The molecule has 0 fully saturated rings. The Morgan fingerprint density at radius 3 is 0.238 bits per heavy atom. The van der Waals surface area contributed by atoms with Crippen molar-refractivity contribution in [1.82, 2.24) is 0 Å². The quantitative estimate of drug-likeness (QED) is 0.212. The summed E-state index contributed by atoms with van der Waals surface area (Å²) in [6, 6.07) is 0. The largest absolute Gasteiger partial charge is 0 e. The van der Waals surface area contributed by atoms with Gasteiger partial charge in [-0.2, -0.15) is 0 Å². The Kier molecular flexibility index (Phi) is 930. The molecule has 0 saturated carbocycles. The van der Waals surface area contributed by atoms with Gasteiger partial charge in [-0.3, -0.25) is 0 Å². The summed E-state index contributed by atoms with van der Waals surface area (Å²) in [4.78, 5) is 0. The average Bonchev–Trinajstić information content (AvgIpc) is 1.50. The van der Waals surface area contributed by atoms with Crippen LogP contribution in [-0.2, 0) is 0 Å². The minimum atomic E-state index is 0. The Hall–Kier alpha value is 21.5. The van der Waals surface area contributed by atoms with Gasteiger partial charge in [-0.25, -0.2) is 0 Å². The monoisotopic (exact) mass is 1540 g/mol. The van der Waals surface area contributed by atoms with Crippen LogP contribution in [-0.4, -0.2) is 596 Å². The van der Waals surface area contributed by atoms with Crippen LogP contribution in [0.2, 0.25) is 0 Å². The molecule has 0 aliphatic rings. The van der Waals surface area contributed by atoms with Gasteiger partial charge in [0.25, 0.3) is 0 Å². The van der Waals surface area contributed by atoms with E-state index in [1.807, 2.05) is 0 Å². The Labute approximate surface area is 572 Å². The minimum absolute atomic E-state index is 0. The van der Waals surface area contributed by atoms with E-state index in [0.29, 0.717) is 0 Å². The van der Waals surface area contributed by atoms with Crippen molar-refractivity contribution in [3.63, 3.8) is 0 Å². The van der Waals surface area contributed by atoms with E-state index in [4.69, 9.17) is 0 Å². The summed E-state index contributed by atoms with van der Waals surface area (Å²) in [6.45, 7) is 0. The SMILES string of the molecule is [Ca].[Ca].[Ca].[Ca].[Ca].[Ca].[Ca][Ca].[Ca][Ca].[Mg].[Mg].[Sb].[Sb].[Sb].[Sb].[Sb].[Sb].[Sb].[Sb].[Sb]. The first-order chi connectivity index (χ1) is 2.00. The molecule has 0 aromatic rings. The molecule has 0 N–H and O–H groups in total. The van der Waals surface area contributed by atoms with Crippen molar-refractivity contribution in [2.45, 2.75) is 0 Å². The molecule has 69 valence electrons. The molecule has 0 aromatic carbocycles. The number of rotatable bonds is 0. The summed E-state index contributed by atoms with van der Waals surface area (Å²) < 4.78 is 0. The molecule has 21 heavy (non-hydrogen) atoms. The van der Waals surface area contributed by atoms with Crippen LogP contribution in [0.1, 0.15) is 0 Å². The standard InChI is InChI=1S/10Ca.2Mg.9Sb. The molecular weight excluding hydrogens is 1550 g/mol. The second-order valence-electron chi connectivity index (χ2n) is 0. The van der Waals surface area contributed by atoms with E-state index >= 15 is 0 Å². The smallest absolute Gasteiger partial charge is 0 e. The van der Waals surface area contributed by atoms with E-state index in [9.17, 15) is 0 Å². The fourth-order valence-corrected chi connectivity index (χ4v) is 0.